The fourth-order valence-electron chi connectivity index (χ4n) is 2.82. The Balaban J connectivity index is 3.43. The van der Waals surface area contributed by atoms with Gasteiger partial charge in [-0.05, 0) is 64.7 Å². The molecule has 0 aromatic rings. The summed E-state index contributed by atoms with van der Waals surface area (Å²) in [5.74, 6) is 0.622. The predicted molar refractivity (Wildman–Crippen MR) is 81.5 cm³/mol. The third-order valence-corrected chi connectivity index (χ3v) is 3.63. The Morgan fingerprint density at radius 1 is 1.00 bits per heavy atom. The van der Waals surface area contributed by atoms with Crippen molar-refractivity contribution in [3.05, 3.63) is 34.6 Å². The van der Waals surface area contributed by atoms with E-state index in [-0.39, 0.29) is 0 Å². The van der Waals surface area contributed by atoms with Gasteiger partial charge in [0.2, 0.25) is 0 Å². The number of hydrogen-bond donors (Lipinski definition) is 0. The second-order valence-electron chi connectivity index (χ2n) is 6.37. The van der Waals surface area contributed by atoms with E-state index >= 15 is 0 Å². The molecule has 1 heteroatoms. The van der Waals surface area contributed by atoms with Gasteiger partial charge in [-0.25, -0.2) is 0 Å². The molecule has 1 heterocycles. The van der Waals surface area contributed by atoms with Crippen molar-refractivity contribution in [2.75, 3.05) is 0 Å². The third kappa shape index (κ3) is 2.88. The van der Waals surface area contributed by atoms with Crippen LogP contribution in [0.3, 0.4) is 0 Å². The lowest BCUT2D eigenvalue weighted by Gasteiger charge is -2.42. The summed E-state index contributed by atoms with van der Waals surface area (Å²) in [6.45, 7) is 18.1. The lowest BCUT2D eigenvalue weighted by molar-refractivity contribution is 0.205. The van der Waals surface area contributed by atoms with Gasteiger partial charge >= 0.3 is 0 Å². The van der Waals surface area contributed by atoms with Crippen LogP contribution in [-0.2, 0) is 0 Å². The lowest BCUT2D eigenvalue weighted by atomic mass is 9.82. The van der Waals surface area contributed by atoms with Crippen molar-refractivity contribution in [1.82, 2.24) is 4.90 Å². The minimum atomic E-state index is 0.505. The smallest absolute Gasteiger partial charge is 0.0567 e. The molecule has 0 aromatic heterocycles. The van der Waals surface area contributed by atoms with Gasteiger partial charge in [-0.1, -0.05) is 25.0 Å². The molecule has 0 saturated carbocycles. The highest BCUT2D eigenvalue weighted by molar-refractivity contribution is 5.50. The molecule has 1 atom stereocenters. The standard InChI is InChI=1S/C17H29N/c1-11(2)15-9-10-18(14(7)8)17(13(5)6)16(15)12(3)4/h9-10,13-14,17H,1-8H3. The van der Waals surface area contributed by atoms with E-state index in [1.165, 1.54) is 22.3 Å². The Morgan fingerprint density at radius 2 is 1.56 bits per heavy atom. The highest BCUT2D eigenvalue weighted by atomic mass is 15.2. The summed E-state index contributed by atoms with van der Waals surface area (Å²) in [5.41, 5.74) is 5.82. The van der Waals surface area contributed by atoms with Gasteiger partial charge in [0, 0.05) is 12.2 Å². The van der Waals surface area contributed by atoms with E-state index < -0.39 is 0 Å². The summed E-state index contributed by atoms with van der Waals surface area (Å²) < 4.78 is 0. The van der Waals surface area contributed by atoms with E-state index in [1.807, 2.05) is 0 Å². The van der Waals surface area contributed by atoms with Crippen molar-refractivity contribution in [2.45, 2.75) is 67.5 Å². The average molecular weight is 247 g/mol. The summed E-state index contributed by atoms with van der Waals surface area (Å²) in [4.78, 5) is 2.50. The molecule has 1 aliphatic heterocycles. The van der Waals surface area contributed by atoms with Crippen LogP contribution in [0.2, 0.25) is 0 Å². The SMILES string of the molecule is CC(C)=C1C=CN(C(C)C)C(C(C)C)C1=C(C)C. The van der Waals surface area contributed by atoms with Crippen LogP contribution in [0.15, 0.2) is 34.6 Å². The van der Waals surface area contributed by atoms with Crippen LogP contribution in [0.5, 0.6) is 0 Å². The molecule has 0 saturated heterocycles. The summed E-state index contributed by atoms with van der Waals surface area (Å²) in [7, 11) is 0. The second-order valence-corrected chi connectivity index (χ2v) is 6.37. The van der Waals surface area contributed by atoms with E-state index in [2.05, 4.69) is 72.6 Å². The van der Waals surface area contributed by atoms with Crippen molar-refractivity contribution >= 4 is 0 Å². The normalized spacial score (nSPS) is 20.1. The molecule has 0 amide bonds. The zero-order valence-electron chi connectivity index (χ0n) is 13.3. The molecule has 0 N–H and O–H groups in total. The van der Waals surface area contributed by atoms with Crippen LogP contribution >= 0.6 is 0 Å². The molecule has 0 aromatic carbocycles. The van der Waals surface area contributed by atoms with Crippen molar-refractivity contribution in [3.63, 3.8) is 0 Å². The molecule has 102 valence electrons. The summed E-state index contributed by atoms with van der Waals surface area (Å²) in [5, 5.41) is 0. The third-order valence-electron chi connectivity index (χ3n) is 3.63. The Bertz CT molecular complexity index is 386. The second kappa shape index (κ2) is 5.77. The monoisotopic (exact) mass is 247 g/mol. The maximum atomic E-state index is 2.50. The van der Waals surface area contributed by atoms with Crippen molar-refractivity contribution in [2.24, 2.45) is 5.92 Å². The van der Waals surface area contributed by atoms with Crippen molar-refractivity contribution in [1.29, 1.82) is 0 Å². The lowest BCUT2D eigenvalue weighted by Crippen LogP contribution is -2.43. The van der Waals surface area contributed by atoms with Gasteiger partial charge in [0.15, 0.2) is 0 Å². The molecule has 1 unspecified atom stereocenters. The Morgan fingerprint density at radius 3 is 1.89 bits per heavy atom. The zero-order valence-corrected chi connectivity index (χ0v) is 13.3. The van der Waals surface area contributed by atoms with Crippen molar-refractivity contribution in [3.8, 4) is 0 Å². The maximum absolute atomic E-state index is 2.50. The Kier molecular flexibility index (Phi) is 4.84. The molecule has 0 fully saturated rings. The fourth-order valence-corrected chi connectivity index (χ4v) is 2.82. The van der Waals surface area contributed by atoms with Gasteiger partial charge in [0.1, 0.15) is 0 Å². The van der Waals surface area contributed by atoms with Crippen LogP contribution in [0, 0.1) is 5.92 Å². The molecule has 0 aliphatic carbocycles. The van der Waals surface area contributed by atoms with Gasteiger partial charge in [-0.2, -0.15) is 0 Å². The molecule has 1 aliphatic rings. The van der Waals surface area contributed by atoms with Gasteiger partial charge < -0.3 is 4.90 Å². The molecule has 0 bridgehead atoms. The van der Waals surface area contributed by atoms with E-state index in [1.54, 1.807) is 0 Å². The first-order valence-corrected chi connectivity index (χ1v) is 7.08. The van der Waals surface area contributed by atoms with Gasteiger partial charge in [0.25, 0.3) is 0 Å². The van der Waals surface area contributed by atoms with Crippen molar-refractivity contribution < 1.29 is 0 Å². The maximum Gasteiger partial charge on any atom is 0.0567 e. The number of hydrogen-bond acceptors (Lipinski definition) is 1. The average Bonchev–Trinajstić information content (AvgIpc) is 2.26. The van der Waals surface area contributed by atoms with Gasteiger partial charge in [0.05, 0.1) is 6.04 Å². The quantitative estimate of drug-likeness (QED) is 0.669. The summed E-state index contributed by atoms with van der Waals surface area (Å²) in [6.07, 6.45) is 4.57. The number of allylic oxidation sites excluding steroid dienone is 3. The highest BCUT2D eigenvalue weighted by Gasteiger charge is 2.30. The van der Waals surface area contributed by atoms with Crippen LogP contribution in [-0.4, -0.2) is 17.0 Å². The molecule has 1 rings (SSSR count). The first kappa shape index (κ1) is 15.1. The van der Waals surface area contributed by atoms with Gasteiger partial charge in [-0.3, -0.25) is 0 Å². The molecular weight excluding hydrogens is 218 g/mol. The van der Waals surface area contributed by atoms with Crippen LogP contribution in [0.1, 0.15) is 55.4 Å². The molecule has 0 radical (unpaired) electrons. The Labute approximate surface area is 113 Å². The summed E-state index contributed by atoms with van der Waals surface area (Å²) >= 11 is 0. The zero-order chi connectivity index (χ0) is 14.0. The minimum absolute atomic E-state index is 0.505. The number of nitrogens with zero attached hydrogens (tertiary/aromatic N) is 1. The minimum Gasteiger partial charge on any atom is -0.368 e. The first-order chi connectivity index (χ1) is 8.27. The molecule has 18 heavy (non-hydrogen) atoms. The fraction of sp³-hybridized carbons (Fsp3) is 0.647. The number of rotatable bonds is 2. The predicted octanol–water partition coefficient (Wildman–Crippen LogP) is 4.92. The highest BCUT2D eigenvalue weighted by Crippen LogP contribution is 2.35. The molecule has 0 spiro atoms. The van der Waals surface area contributed by atoms with Crippen LogP contribution in [0.4, 0.5) is 0 Å². The van der Waals surface area contributed by atoms with Crippen LogP contribution < -0.4 is 0 Å². The van der Waals surface area contributed by atoms with E-state index in [9.17, 15) is 0 Å². The van der Waals surface area contributed by atoms with E-state index in [4.69, 9.17) is 0 Å². The first-order valence-electron chi connectivity index (χ1n) is 7.08. The van der Waals surface area contributed by atoms with E-state index in [0.29, 0.717) is 18.0 Å². The topological polar surface area (TPSA) is 3.24 Å². The van der Waals surface area contributed by atoms with Gasteiger partial charge in [-0.15, -0.1) is 0 Å². The van der Waals surface area contributed by atoms with E-state index in [0.717, 1.165) is 0 Å². The summed E-state index contributed by atoms with van der Waals surface area (Å²) in [6, 6.07) is 1.05. The van der Waals surface area contributed by atoms with Crippen LogP contribution in [0.25, 0.3) is 0 Å². The Hall–Kier alpha value is -0.980. The largest absolute Gasteiger partial charge is 0.368 e. The molecular formula is C17H29N. The molecule has 1 nitrogen and oxygen atoms in total.